The van der Waals surface area contributed by atoms with Gasteiger partial charge in [0.1, 0.15) is 17.5 Å². The third kappa shape index (κ3) is 2.16. The number of nitrogens with zero attached hydrogens (tertiary/aromatic N) is 2. The number of benzene rings is 3. The average Bonchev–Trinajstić information content (AvgIpc) is 3.36. The number of rotatable bonds is 1. The van der Waals surface area contributed by atoms with E-state index in [0.717, 1.165) is 27.6 Å². The fraction of sp³-hybridized carbons (Fsp3) is 0.0435. The largest absolute Gasteiger partial charge is 0.440 e. The molecular weight excluding hydrogens is 386 g/mol. The Morgan fingerprint density at radius 1 is 1.10 bits per heavy atom. The number of nitrogens with one attached hydrogen (secondary N) is 1. The molecule has 1 amide bonds. The first-order valence-electron chi connectivity index (χ1n) is 9.19. The lowest BCUT2D eigenvalue weighted by Gasteiger charge is -2.33. The van der Waals surface area contributed by atoms with Crippen molar-refractivity contribution in [3.8, 4) is 5.75 Å². The van der Waals surface area contributed by atoms with Crippen LogP contribution >= 0.6 is 11.6 Å². The van der Waals surface area contributed by atoms with Crippen LogP contribution in [0.25, 0.3) is 16.7 Å². The molecule has 1 N–H and O–H groups in total. The molecule has 2 aliphatic heterocycles. The molecule has 3 aromatic carbocycles. The molecular formula is C23H14ClN3O2. The number of carbonyl (C=O) groups excluding carboxylic acids is 1. The highest BCUT2D eigenvalue weighted by molar-refractivity contribution is 6.31. The Labute approximate surface area is 171 Å². The zero-order chi connectivity index (χ0) is 19.6. The first-order valence-corrected chi connectivity index (χ1v) is 9.57. The summed E-state index contributed by atoms with van der Waals surface area (Å²) in [6.45, 7) is 0. The monoisotopic (exact) mass is 399 g/mol. The van der Waals surface area contributed by atoms with E-state index in [1.165, 1.54) is 0 Å². The van der Waals surface area contributed by atoms with E-state index in [1.54, 1.807) is 29.4 Å². The highest BCUT2D eigenvalue weighted by Gasteiger charge is 2.52. The van der Waals surface area contributed by atoms with E-state index in [-0.39, 0.29) is 5.91 Å². The van der Waals surface area contributed by atoms with E-state index in [4.69, 9.17) is 16.3 Å². The molecule has 29 heavy (non-hydrogen) atoms. The summed E-state index contributed by atoms with van der Waals surface area (Å²) in [5, 5.41) is 5.61. The molecule has 0 saturated carbocycles. The summed E-state index contributed by atoms with van der Waals surface area (Å²) in [4.78, 5) is 17.7. The number of hydrogen-bond acceptors (Lipinski definition) is 3. The molecule has 0 bridgehead atoms. The third-order valence-corrected chi connectivity index (χ3v) is 5.85. The Morgan fingerprint density at radius 2 is 2.00 bits per heavy atom. The van der Waals surface area contributed by atoms with Crippen molar-refractivity contribution >= 4 is 39.9 Å². The van der Waals surface area contributed by atoms with E-state index in [2.05, 4.69) is 10.3 Å². The van der Waals surface area contributed by atoms with Gasteiger partial charge in [-0.15, -0.1) is 0 Å². The zero-order valence-corrected chi connectivity index (χ0v) is 15.9. The summed E-state index contributed by atoms with van der Waals surface area (Å²) >= 11 is 6.35. The fourth-order valence-electron chi connectivity index (χ4n) is 4.35. The van der Waals surface area contributed by atoms with Crippen molar-refractivity contribution in [1.29, 1.82) is 0 Å². The van der Waals surface area contributed by atoms with E-state index in [0.29, 0.717) is 16.7 Å². The fourth-order valence-corrected chi connectivity index (χ4v) is 4.52. The van der Waals surface area contributed by atoms with Gasteiger partial charge in [-0.3, -0.25) is 9.36 Å². The van der Waals surface area contributed by atoms with E-state index >= 15 is 0 Å². The van der Waals surface area contributed by atoms with Crippen molar-refractivity contribution in [2.24, 2.45) is 0 Å². The van der Waals surface area contributed by atoms with Crippen molar-refractivity contribution < 1.29 is 9.53 Å². The van der Waals surface area contributed by atoms with E-state index < -0.39 is 5.41 Å². The Hall–Kier alpha value is -3.57. The smallest absolute Gasteiger partial charge is 0.243 e. The summed E-state index contributed by atoms with van der Waals surface area (Å²) in [5.74, 6) is 1.03. The van der Waals surface area contributed by atoms with Gasteiger partial charge in [-0.05, 0) is 35.0 Å². The molecule has 140 valence electrons. The van der Waals surface area contributed by atoms with E-state index in [9.17, 15) is 4.79 Å². The second-order valence-corrected chi connectivity index (χ2v) is 7.60. The van der Waals surface area contributed by atoms with Crippen LogP contribution in [-0.2, 0) is 10.2 Å². The van der Waals surface area contributed by atoms with Gasteiger partial charge in [0.2, 0.25) is 11.8 Å². The van der Waals surface area contributed by atoms with Gasteiger partial charge in [0.25, 0.3) is 0 Å². The summed E-state index contributed by atoms with van der Waals surface area (Å²) < 4.78 is 8.00. The van der Waals surface area contributed by atoms with Crippen molar-refractivity contribution in [3.05, 3.63) is 95.5 Å². The second-order valence-electron chi connectivity index (χ2n) is 7.17. The van der Waals surface area contributed by atoms with Crippen LogP contribution in [0.15, 0.2) is 79.4 Å². The molecule has 0 radical (unpaired) electrons. The molecule has 3 heterocycles. The average molecular weight is 400 g/mol. The molecule has 0 fully saturated rings. The number of ether oxygens (including phenoxy) is 1. The molecule has 5 nitrogen and oxygen atoms in total. The maximum atomic E-state index is 13.6. The normalized spacial score (nSPS) is 19.5. The number of aromatic nitrogens is 2. The summed E-state index contributed by atoms with van der Waals surface area (Å²) in [5.41, 5.74) is 1.32. The third-order valence-electron chi connectivity index (χ3n) is 5.61. The summed E-state index contributed by atoms with van der Waals surface area (Å²) in [6, 6.07) is 17.4. The van der Waals surface area contributed by atoms with Crippen molar-refractivity contribution in [1.82, 2.24) is 9.55 Å². The molecule has 0 saturated heterocycles. The SMILES string of the molecule is O=C1Nc2ccc(Cl)cc2C12C=C(n1ccnc1)Oc1ccc3ccccc3c12. The van der Waals surface area contributed by atoms with Gasteiger partial charge < -0.3 is 10.1 Å². The van der Waals surface area contributed by atoms with Gasteiger partial charge in [0.15, 0.2) is 0 Å². The van der Waals surface area contributed by atoms with Crippen molar-refractivity contribution in [2.45, 2.75) is 5.41 Å². The zero-order valence-electron chi connectivity index (χ0n) is 15.1. The Kier molecular flexibility index (Phi) is 3.23. The molecule has 2 aliphatic rings. The predicted octanol–water partition coefficient (Wildman–Crippen LogP) is 4.82. The Morgan fingerprint density at radius 3 is 2.86 bits per heavy atom. The van der Waals surface area contributed by atoms with Crippen LogP contribution in [0.5, 0.6) is 5.75 Å². The number of carbonyl (C=O) groups is 1. The molecule has 0 aliphatic carbocycles. The molecule has 1 spiro atoms. The van der Waals surface area contributed by atoms with Crippen LogP contribution in [-0.4, -0.2) is 15.5 Å². The summed E-state index contributed by atoms with van der Waals surface area (Å²) in [6.07, 6.45) is 6.97. The van der Waals surface area contributed by atoms with Crippen molar-refractivity contribution in [3.63, 3.8) is 0 Å². The topological polar surface area (TPSA) is 56.2 Å². The highest BCUT2D eigenvalue weighted by atomic mass is 35.5. The van der Waals surface area contributed by atoms with Gasteiger partial charge in [-0.1, -0.05) is 41.9 Å². The lowest BCUT2D eigenvalue weighted by atomic mass is 9.72. The predicted molar refractivity (Wildman–Crippen MR) is 112 cm³/mol. The van der Waals surface area contributed by atoms with Crippen LogP contribution in [0.2, 0.25) is 5.02 Å². The van der Waals surface area contributed by atoms with Crippen LogP contribution in [0.3, 0.4) is 0 Å². The number of fused-ring (bicyclic) bond motifs is 6. The number of imidazole rings is 1. The number of anilines is 1. The van der Waals surface area contributed by atoms with Gasteiger partial charge in [-0.25, -0.2) is 4.98 Å². The van der Waals surface area contributed by atoms with Crippen molar-refractivity contribution in [2.75, 3.05) is 5.32 Å². The number of hydrogen-bond donors (Lipinski definition) is 1. The first-order chi connectivity index (χ1) is 14.2. The van der Waals surface area contributed by atoms with Crippen LogP contribution in [0, 0.1) is 0 Å². The number of halogens is 1. The van der Waals surface area contributed by atoms with Gasteiger partial charge in [-0.2, -0.15) is 0 Å². The van der Waals surface area contributed by atoms with Gasteiger partial charge in [0.05, 0.1) is 0 Å². The molecule has 4 aromatic rings. The molecule has 1 aromatic heterocycles. The maximum absolute atomic E-state index is 13.6. The molecule has 6 heteroatoms. The van der Waals surface area contributed by atoms with Crippen LogP contribution in [0.1, 0.15) is 11.1 Å². The minimum atomic E-state index is -1.06. The van der Waals surface area contributed by atoms with Crippen LogP contribution < -0.4 is 10.1 Å². The summed E-state index contributed by atoms with van der Waals surface area (Å²) in [7, 11) is 0. The molecule has 1 unspecified atom stereocenters. The minimum absolute atomic E-state index is 0.131. The minimum Gasteiger partial charge on any atom is -0.440 e. The van der Waals surface area contributed by atoms with Crippen LogP contribution in [0.4, 0.5) is 5.69 Å². The lowest BCUT2D eigenvalue weighted by molar-refractivity contribution is -0.118. The molecule has 6 rings (SSSR count). The number of amides is 1. The van der Waals surface area contributed by atoms with Gasteiger partial charge >= 0.3 is 0 Å². The van der Waals surface area contributed by atoms with Gasteiger partial charge in [0, 0.05) is 40.3 Å². The maximum Gasteiger partial charge on any atom is 0.243 e. The highest BCUT2D eigenvalue weighted by Crippen LogP contribution is 2.53. The quantitative estimate of drug-likeness (QED) is 0.499. The first kappa shape index (κ1) is 16.4. The molecule has 1 atom stereocenters. The Bertz CT molecular complexity index is 1340. The standard InChI is InChI=1S/C23H14ClN3O2/c24-15-6-7-18-17(11-15)23(22(28)26-18)12-20(27-10-9-25-13-27)29-19-8-5-14-3-1-2-4-16(14)21(19)23/h1-13H,(H,26,28). The Balaban J connectivity index is 1.76. The second kappa shape index (κ2) is 5.72. The van der Waals surface area contributed by atoms with E-state index in [1.807, 2.05) is 54.6 Å². The lowest BCUT2D eigenvalue weighted by Crippen LogP contribution is -2.37.